The molecular weight excluding hydrogens is 306 g/mol. The van der Waals surface area contributed by atoms with Gasteiger partial charge in [0.1, 0.15) is 0 Å². The Morgan fingerprint density at radius 3 is 2.58 bits per heavy atom. The maximum atomic E-state index is 12.9. The van der Waals surface area contributed by atoms with Gasteiger partial charge in [-0.1, -0.05) is 30.7 Å². The number of benzene rings is 1. The van der Waals surface area contributed by atoms with Crippen LogP contribution in [0.15, 0.2) is 18.2 Å². The predicted octanol–water partition coefficient (Wildman–Crippen LogP) is 3.60. The van der Waals surface area contributed by atoms with Gasteiger partial charge in [0.05, 0.1) is 13.0 Å². The highest BCUT2D eigenvalue weighted by Crippen LogP contribution is 2.31. The monoisotopic (exact) mass is 333 g/mol. The number of likely N-dealkylation sites (tertiary alicyclic amines) is 1. The van der Waals surface area contributed by atoms with Crippen molar-refractivity contribution in [1.82, 2.24) is 4.90 Å². The number of amides is 1. The lowest BCUT2D eigenvalue weighted by atomic mass is 10.0. The fraction of sp³-hybridized carbons (Fsp3) is 0.579. The van der Waals surface area contributed by atoms with E-state index in [0.717, 1.165) is 17.5 Å². The molecule has 0 aliphatic carbocycles. The Kier molecular flexibility index (Phi) is 5.86. The van der Waals surface area contributed by atoms with Crippen molar-refractivity contribution in [2.75, 3.05) is 6.61 Å². The second kappa shape index (κ2) is 7.69. The van der Waals surface area contributed by atoms with E-state index in [-0.39, 0.29) is 24.5 Å². The zero-order valence-corrected chi connectivity index (χ0v) is 15.2. The van der Waals surface area contributed by atoms with Gasteiger partial charge in [-0.25, -0.2) is 4.79 Å². The maximum absolute atomic E-state index is 12.9. The van der Waals surface area contributed by atoms with Crippen LogP contribution < -0.4 is 0 Å². The summed E-state index contributed by atoms with van der Waals surface area (Å²) in [6, 6.07) is 6.12. The minimum absolute atomic E-state index is 0.0203. The van der Waals surface area contributed by atoms with Gasteiger partial charge in [-0.05, 0) is 45.2 Å². The molecule has 24 heavy (non-hydrogen) atoms. The third-order valence-electron chi connectivity index (χ3n) is 4.56. The molecule has 1 aliphatic rings. The lowest BCUT2D eigenvalue weighted by Crippen LogP contribution is -2.44. The lowest BCUT2D eigenvalue weighted by Gasteiger charge is -2.29. The van der Waals surface area contributed by atoms with Crippen LogP contribution in [0, 0.1) is 19.8 Å². The molecule has 2 rings (SSSR count). The highest BCUT2D eigenvalue weighted by molar-refractivity contribution is 5.80. The van der Waals surface area contributed by atoms with Gasteiger partial charge in [0.15, 0.2) is 6.23 Å². The van der Waals surface area contributed by atoms with Crippen molar-refractivity contribution in [3.8, 4) is 0 Å². The van der Waals surface area contributed by atoms with Crippen molar-refractivity contribution in [2.24, 2.45) is 5.92 Å². The van der Waals surface area contributed by atoms with Crippen LogP contribution in [-0.2, 0) is 20.7 Å². The molecule has 0 spiro atoms. The third-order valence-corrected chi connectivity index (χ3v) is 4.56. The minimum Gasteiger partial charge on any atom is -0.435 e. The van der Waals surface area contributed by atoms with Crippen LogP contribution in [0.2, 0.25) is 0 Å². The average Bonchev–Trinajstić information content (AvgIpc) is 2.76. The number of carbonyl (C=O) groups is 2. The van der Waals surface area contributed by atoms with Crippen LogP contribution in [0.5, 0.6) is 0 Å². The van der Waals surface area contributed by atoms with E-state index in [9.17, 15) is 9.59 Å². The smallest absolute Gasteiger partial charge is 0.435 e. The Balaban J connectivity index is 2.13. The average molecular weight is 333 g/mol. The molecule has 5 heteroatoms. The molecule has 1 fully saturated rings. The SMILES string of the molecule is CCOC(=O)OC1C(C)CC(C)N1C(=O)Cc1ccc(C)cc1C. The summed E-state index contributed by atoms with van der Waals surface area (Å²) in [6.45, 7) is 10.0. The first kappa shape index (κ1) is 18.3. The second-order valence-electron chi connectivity index (χ2n) is 6.66. The molecule has 1 heterocycles. The summed E-state index contributed by atoms with van der Waals surface area (Å²) >= 11 is 0. The van der Waals surface area contributed by atoms with Gasteiger partial charge in [-0.3, -0.25) is 4.79 Å². The van der Waals surface area contributed by atoms with Gasteiger partial charge >= 0.3 is 6.16 Å². The Morgan fingerprint density at radius 1 is 1.25 bits per heavy atom. The Morgan fingerprint density at radius 2 is 1.96 bits per heavy atom. The first-order valence-corrected chi connectivity index (χ1v) is 8.54. The standard InChI is InChI=1S/C19H27NO4/c1-6-23-19(22)24-18-14(4)10-15(5)20(18)17(21)11-16-8-7-12(2)9-13(16)3/h7-9,14-15,18H,6,10-11H2,1-5H3. The molecule has 1 aromatic carbocycles. The van der Waals surface area contributed by atoms with Crippen molar-refractivity contribution >= 4 is 12.1 Å². The van der Waals surface area contributed by atoms with E-state index in [1.54, 1.807) is 11.8 Å². The summed E-state index contributed by atoms with van der Waals surface area (Å²) in [7, 11) is 0. The zero-order chi connectivity index (χ0) is 17.9. The van der Waals surface area contributed by atoms with Crippen LogP contribution in [0.1, 0.15) is 43.9 Å². The van der Waals surface area contributed by atoms with E-state index in [4.69, 9.17) is 9.47 Å². The van der Waals surface area contributed by atoms with Crippen molar-refractivity contribution < 1.29 is 19.1 Å². The molecule has 3 atom stereocenters. The van der Waals surface area contributed by atoms with Crippen molar-refractivity contribution in [3.05, 3.63) is 34.9 Å². The first-order valence-electron chi connectivity index (χ1n) is 8.54. The molecular formula is C19H27NO4. The molecule has 0 aromatic heterocycles. The highest BCUT2D eigenvalue weighted by Gasteiger charge is 2.42. The number of carbonyl (C=O) groups excluding carboxylic acids is 2. The number of aryl methyl sites for hydroxylation is 2. The molecule has 1 aromatic rings. The van der Waals surface area contributed by atoms with Crippen LogP contribution in [0.4, 0.5) is 4.79 Å². The Bertz CT molecular complexity index is 613. The van der Waals surface area contributed by atoms with Gasteiger partial charge in [-0.15, -0.1) is 0 Å². The fourth-order valence-electron chi connectivity index (χ4n) is 3.40. The second-order valence-corrected chi connectivity index (χ2v) is 6.66. The van der Waals surface area contributed by atoms with Crippen LogP contribution >= 0.6 is 0 Å². The van der Waals surface area contributed by atoms with E-state index in [1.165, 1.54) is 5.56 Å². The Hall–Kier alpha value is -2.04. The number of nitrogens with zero attached hydrogens (tertiary/aromatic N) is 1. The molecule has 0 bridgehead atoms. The third kappa shape index (κ3) is 4.08. The summed E-state index contributed by atoms with van der Waals surface area (Å²) in [6.07, 6.45) is -0.153. The van der Waals surface area contributed by atoms with Crippen LogP contribution in [-0.4, -0.2) is 35.8 Å². The van der Waals surface area contributed by atoms with Gasteiger partial charge in [0.2, 0.25) is 5.91 Å². The summed E-state index contributed by atoms with van der Waals surface area (Å²) in [5.74, 6) is 0.0700. The van der Waals surface area contributed by atoms with E-state index >= 15 is 0 Å². The number of ether oxygens (including phenoxy) is 2. The number of hydrogen-bond acceptors (Lipinski definition) is 4. The van der Waals surface area contributed by atoms with E-state index < -0.39 is 12.4 Å². The lowest BCUT2D eigenvalue weighted by molar-refractivity contribution is -0.142. The van der Waals surface area contributed by atoms with Gasteiger partial charge in [-0.2, -0.15) is 0 Å². The minimum atomic E-state index is -0.715. The summed E-state index contributed by atoms with van der Waals surface area (Å²) in [5.41, 5.74) is 3.29. The molecule has 0 radical (unpaired) electrons. The molecule has 1 amide bonds. The molecule has 0 saturated carbocycles. The topological polar surface area (TPSA) is 55.8 Å². The van der Waals surface area contributed by atoms with Crippen molar-refractivity contribution in [2.45, 2.75) is 59.7 Å². The van der Waals surface area contributed by atoms with E-state index in [2.05, 4.69) is 6.07 Å². The molecule has 1 saturated heterocycles. The number of rotatable bonds is 4. The summed E-state index contributed by atoms with van der Waals surface area (Å²) < 4.78 is 10.3. The van der Waals surface area contributed by atoms with E-state index in [1.807, 2.05) is 39.8 Å². The first-order chi connectivity index (χ1) is 11.3. The van der Waals surface area contributed by atoms with Gasteiger partial charge in [0, 0.05) is 12.0 Å². The molecule has 0 N–H and O–H groups in total. The van der Waals surface area contributed by atoms with Crippen LogP contribution in [0.25, 0.3) is 0 Å². The molecule has 1 aliphatic heterocycles. The predicted molar refractivity (Wildman–Crippen MR) is 91.6 cm³/mol. The molecule has 5 nitrogen and oxygen atoms in total. The zero-order valence-electron chi connectivity index (χ0n) is 15.2. The largest absolute Gasteiger partial charge is 0.510 e. The van der Waals surface area contributed by atoms with Gasteiger partial charge in [0.25, 0.3) is 0 Å². The normalized spacial score (nSPS) is 23.2. The number of hydrogen-bond donors (Lipinski definition) is 0. The quantitative estimate of drug-likeness (QED) is 0.790. The summed E-state index contributed by atoms with van der Waals surface area (Å²) in [5, 5.41) is 0. The van der Waals surface area contributed by atoms with E-state index in [0.29, 0.717) is 6.42 Å². The maximum Gasteiger partial charge on any atom is 0.510 e. The van der Waals surface area contributed by atoms with Crippen LogP contribution in [0.3, 0.4) is 0 Å². The Labute approximate surface area is 143 Å². The molecule has 132 valence electrons. The van der Waals surface area contributed by atoms with Gasteiger partial charge < -0.3 is 14.4 Å². The fourth-order valence-corrected chi connectivity index (χ4v) is 3.40. The highest BCUT2D eigenvalue weighted by atomic mass is 16.7. The van der Waals surface area contributed by atoms with Crippen molar-refractivity contribution in [1.29, 1.82) is 0 Å². The van der Waals surface area contributed by atoms with Crippen molar-refractivity contribution in [3.63, 3.8) is 0 Å². The molecule has 3 unspecified atom stereocenters. The summed E-state index contributed by atoms with van der Waals surface area (Å²) in [4.78, 5) is 26.2.